The second-order valence-electron chi connectivity index (χ2n) is 7.80. The maximum absolute atomic E-state index is 12.8. The second kappa shape index (κ2) is 9.87. The number of nitrogens with zero attached hydrogens (tertiary/aromatic N) is 1. The van der Waals surface area contributed by atoms with Gasteiger partial charge >= 0.3 is 0 Å². The fourth-order valence-electron chi connectivity index (χ4n) is 4.13. The Labute approximate surface area is 165 Å². The fraction of sp³-hybridized carbons (Fsp3) is 0.944. The minimum Gasteiger partial charge on any atom is -0.391 e. The van der Waals surface area contributed by atoms with Gasteiger partial charge in [-0.05, 0) is 39.0 Å². The van der Waals surface area contributed by atoms with Gasteiger partial charge in [-0.2, -0.15) is 0 Å². The molecule has 2 fully saturated rings. The maximum Gasteiger partial charge on any atom is 0.237 e. The Morgan fingerprint density at radius 3 is 2.52 bits per heavy atom. The van der Waals surface area contributed by atoms with E-state index >= 15 is 0 Å². The van der Waals surface area contributed by atoms with Crippen LogP contribution in [0.5, 0.6) is 0 Å². The van der Waals surface area contributed by atoms with Gasteiger partial charge in [0.25, 0.3) is 0 Å². The van der Waals surface area contributed by atoms with E-state index in [1.54, 1.807) is 6.26 Å². The van der Waals surface area contributed by atoms with Gasteiger partial charge in [-0.1, -0.05) is 13.3 Å². The normalized spacial score (nSPS) is 39.9. The van der Waals surface area contributed by atoms with Gasteiger partial charge in [0, 0.05) is 6.54 Å². The largest absolute Gasteiger partial charge is 0.391 e. The van der Waals surface area contributed by atoms with Crippen molar-refractivity contribution in [1.29, 1.82) is 0 Å². The Balaban J connectivity index is 2.09. The van der Waals surface area contributed by atoms with Crippen LogP contribution in [-0.4, -0.2) is 99.1 Å². The third-order valence-corrected chi connectivity index (χ3v) is 6.51. The Morgan fingerprint density at radius 2 is 1.96 bits per heavy atom. The highest BCUT2D eigenvalue weighted by molar-refractivity contribution is 7.99. The number of likely N-dealkylation sites (N-methyl/N-ethyl adjacent to an activating group) is 1. The van der Waals surface area contributed by atoms with Crippen molar-refractivity contribution >= 4 is 17.7 Å². The monoisotopic (exact) mass is 406 g/mol. The topological polar surface area (TPSA) is 122 Å². The van der Waals surface area contributed by atoms with Crippen molar-refractivity contribution in [3.05, 3.63) is 0 Å². The van der Waals surface area contributed by atoms with E-state index in [0.717, 1.165) is 25.8 Å². The molecule has 0 saturated carbocycles. The van der Waals surface area contributed by atoms with Crippen LogP contribution in [0.3, 0.4) is 0 Å². The van der Waals surface area contributed by atoms with Crippen LogP contribution in [0.2, 0.25) is 0 Å². The van der Waals surface area contributed by atoms with Gasteiger partial charge in [-0.3, -0.25) is 9.69 Å². The highest BCUT2D eigenvalue weighted by Gasteiger charge is 2.48. The summed E-state index contributed by atoms with van der Waals surface area (Å²) >= 11 is 1.20. The molecule has 158 valence electrons. The van der Waals surface area contributed by atoms with E-state index in [-0.39, 0.29) is 11.9 Å². The van der Waals surface area contributed by atoms with Gasteiger partial charge in [0.05, 0.1) is 18.2 Å². The fourth-order valence-corrected chi connectivity index (χ4v) is 4.81. The molecular formula is C18H34N2O6S. The summed E-state index contributed by atoms with van der Waals surface area (Å²) in [5.41, 5.74) is -0.755. The van der Waals surface area contributed by atoms with E-state index in [9.17, 15) is 25.2 Å². The lowest BCUT2D eigenvalue weighted by Crippen LogP contribution is -2.65. The van der Waals surface area contributed by atoms with Crippen molar-refractivity contribution < 1.29 is 30.0 Å². The number of carbonyl (C=O) groups excluding carboxylic acids is 1. The number of hydrogen-bond acceptors (Lipinski definition) is 8. The Bertz CT molecular complexity index is 494. The van der Waals surface area contributed by atoms with Crippen LogP contribution in [-0.2, 0) is 9.53 Å². The Morgan fingerprint density at radius 1 is 1.30 bits per heavy atom. The Hall–Kier alpha value is -0.420. The van der Waals surface area contributed by atoms with Crippen molar-refractivity contribution in [3.8, 4) is 0 Å². The molecule has 0 radical (unpaired) electrons. The standard InChI is InChI=1S/C18H34N2O6S/c1-5-6-10-7-11(20(3)8-10)17(25)19-12(9(2)21)16-14(23)13(22)15(24)18(26-16)27-4/h9-16,18,21-24H,5-8H2,1-4H3,(H,19,25)/t9-,10-,11-,12-,13+,14-,15+,16-,18+/m1/s1. The third kappa shape index (κ3) is 5.14. The minimum atomic E-state index is -1.42. The molecule has 0 aliphatic carbocycles. The molecule has 2 aliphatic heterocycles. The van der Waals surface area contributed by atoms with E-state index < -0.39 is 42.0 Å². The zero-order valence-electron chi connectivity index (χ0n) is 16.5. The summed E-state index contributed by atoms with van der Waals surface area (Å²) in [6, 6.07) is -1.20. The van der Waals surface area contributed by atoms with Crippen molar-refractivity contribution in [2.24, 2.45) is 5.92 Å². The van der Waals surface area contributed by atoms with Gasteiger partial charge in [0.1, 0.15) is 29.9 Å². The van der Waals surface area contributed by atoms with E-state index in [4.69, 9.17) is 4.74 Å². The number of amides is 1. The van der Waals surface area contributed by atoms with Gasteiger partial charge in [0.15, 0.2) is 0 Å². The molecule has 0 bridgehead atoms. The van der Waals surface area contributed by atoms with Crippen molar-refractivity contribution in [3.63, 3.8) is 0 Å². The molecule has 27 heavy (non-hydrogen) atoms. The molecule has 2 heterocycles. The molecule has 0 spiro atoms. The quantitative estimate of drug-likeness (QED) is 0.370. The molecule has 2 aliphatic rings. The van der Waals surface area contributed by atoms with Gasteiger partial charge in [0.2, 0.25) is 5.91 Å². The lowest BCUT2D eigenvalue weighted by molar-refractivity contribution is -0.211. The molecule has 0 unspecified atom stereocenters. The van der Waals surface area contributed by atoms with Crippen LogP contribution in [0.4, 0.5) is 0 Å². The van der Waals surface area contributed by atoms with Crippen LogP contribution in [0.25, 0.3) is 0 Å². The lowest BCUT2D eigenvalue weighted by Gasteiger charge is -2.44. The van der Waals surface area contributed by atoms with Crippen LogP contribution in [0, 0.1) is 5.92 Å². The molecule has 1 amide bonds. The summed E-state index contributed by atoms with van der Waals surface area (Å²) in [5.74, 6) is 0.245. The first-order chi connectivity index (χ1) is 12.7. The molecule has 0 aromatic carbocycles. The van der Waals surface area contributed by atoms with Gasteiger partial charge in [-0.25, -0.2) is 0 Å². The van der Waals surface area contributed by atoms with E-state index in [0.29, 0.717) is 5.92 Å². The van der Waals surface area contributed by atoms with E-state index in [1.807, 2.05) is 11.9 Å². The molecule has 9 heteroatoms. The summed E-state index contributed by atoms with van der Waals surface area (Å²) in [5, 5.41) is 43.5. The van der Waals surface area contributed by atoms with Crippen LogP contribution in [0.15, 0.2) is 0 Å². The molecule has 8 nitrogen and oxygen atoms in total. The molecule has 0 aromatic heterocycles. The first-order valence-corrected chi connectivity index (χ1v) is 10.9. The molecule has 2 rings (SSSR count). The lowest BCUT2D eigenvalue weighted by atomic mass is 9.92. The zero-order valence-corrected chi connectivity index (χ0v) is 17.3. The first-order valence-electron chi connectivity index (χ1n) is 9.62. The van der Waals surface area contributed by atoms with E-state index in [2.05, 4.69) is 12.2 Å². The number of likely N-dealkylation sites (tertiary alicyclic amines) is 1. The molecular weight excluding hydrogens is 372 g/mol. The average Bonchev–Trinajstić information content (AvgIpc) is 2.99. The highest BCUT2D eigenvalue weighted by Crippen LogP contribution is 2.30. The average molecular weight is 407 g/mol. The summed E-state index contributed by atoms with van der Waals surface area (Å²) in [6.07, 6.45) is -1.50. The smallest absolute Gasteiger partial charge is 0.237 e. The van der Waals surface area contributed by atoms with E-state index in [1.165, 1.54) is 18.7 Å². The molecule has 2 saturated heterocycles. The number of rotatable bonds is 7. The number of thioether (sulfide) groups is 1. The van der Waals surface area contributed by atoms with Crippen molar-refractivity contribution in [2.45, 2.75) is 81.1 Å². The van der Waals surface area contributed by atoms with Crippen LogP contribution in [0.1, 0.15) is 33.1 Å². The number of nitrogens with one attached hydrogen (secondary N) is 1. The number of aliphatic hydroxyl groups excluding tert-OH is 4. The number of aliphatic hydroxyl groups is 4. The maximum atomic E-state index is 12.8. The summed E-state index contributed by atoms with van der Waals surface area (Å²) in [7, 11) is 1.91. The van der Waals surface area contributed by atoms with Gasteiger partial charge < -0.3 is 30.5 Å². The van der Waals surface area contributed by atoms with Crippen LogP contribution < -0.4 is 5.32 Å². The van der Waals surface area contributed by atoms with Crippen molar-refractivity contribution in [2.75, 3.05) is 19.8 Å². The molecule has 0 aromatic rings. The number of carbonyl (C=O) groups is 1. The Kier molecular flexibility index (Phi) is 8.35. The zero-order chi connectivity index (χ0) is 20.3. The summed E-state index contributed by atoms with van der Waals surface area (Å²) in [4.78, 5) is 14.9. The summed E-state index contributed by atoms with van der Waals surface area (Å²) < 4.78 is 5.72. The third-order valence-electron chi connectivity index (χ3n) is 5.66. The summed E-state index contributed by atoms with van der Waals surface area (Å²) in [6.45, 7) is 4.48. The highest BCUT2D eigenvalue weighted by atomic mass is 32.2. The molecule has 5 N–H and O–H groups in total. The number of ether oxygens (including phenoxy) is 1. The SMILES string of the molecule is CCC[C@@H]1C[C@H](C(=O)N[C@@H]([C@H]2O[C@@H](SC)[C@@H](O)[C@@H](O)[C@H]2O)[C@@H](C)O)N(C)C1. The first kappa shape index (κ1) is 22.9. The number of hydrogen-bond donors (Lipinski definition) is 5. The van der Waals surface area contributed by atoms with Gasteiger partial charge in [-0.15, -0.1) is 11.8 Å². The predicted octanol–water partition coefficient (Wildman–Crippen LogP) is -0.857. The minimum absolute atomic E-state index is 0.223. The second-order valence-corrected chi connectivity index (χ2v) is 8.73. The van der Waals surface area contributed by atoms with Crippen LogP contribution >= 0.6 is 11.8 Å². The predicted molar refractivity (Wildman–Crippen MR) is 103 cm³/mol. The van der Waals surface area contributed by atoms with Crippen molar-refractivity contribution in [1.82, 2.24) is 10.2 Å². The molecule has 9 atom stereocenters.